The molecule has 0 saturated carbocycles. The zero-order valence-corrected chi connectivity index (χ0v) is 22.3. The molecule has 0 aliphatic heterocycles. The largest absolute Gasteiger partial charge is 0.548 e. The minimum atomic E-state index is -3.89. The molecular weight excluding hydrogens is 534 g/mol. The molecule has 1 atom stereocenters. The first-order chi connectivity index (χ1) is 19.2. The number of pyridine rings is 1. The predicted octanol–water partition coefficient (Wildman–Crippen LogP) is 3.49. The summed E-state index contributed by atoms with van der Waals surface area (Å²) in [6.07, 6.45) is 0.168. The van der Waals surface area contributed by atoms with Gasteiger partial charge in [-0.2, -0.15) is 0 Å². The molecule has 0 aliphatic carbocycles. The first-order valence-electron chi connectivity index (χ1n) is 12.3. The Kier molecular flexibility index (Phi) is 7.09. The number of hydrogen-bond donors (Lipinski definition) is 3. The number of para-hydroxylation sites is 2. The highest BCUT2D eigenvalue weighted by atomic mass is 32.2. The summed E-state index contributed by atoms with van der Waals surface area (Å²) in [5.41, 5.74) is 2.43. The number of nitrogens with zero attached hydrogens (tertiary/aromatic N) is 2. The van der Waals surface area contributed by atoms with Crippen LogP contribution < -0.4 is 20.5 Å². The Morgan fingerprint density at radius 3 is 2.40 bits per heavy atom. The van der Waals surface area contributed by atoms with Gasteiger partial charge in [0, 0.05) is 22.5 Å². The lowest BCUT2D eigenvalue weighted by molar-refractivity contribution is -0.308. The van der Waals surface area contributed by atoms with E-state index in [1.54, 1.807) is 50.2 Å². The highest BCUT2D eigenvalue weighted by Crippen LogP contribution is 2.34. The number of carboxylic acid groups (broad SMARTS) is 1. The Morgan fingerprint density at radius 1 is 1.00 bits per heavy atom. The van der Waals surface area contributed by atoms with Crippen molar-refractivity contribution in [3.05, 3.63) is 84.1 Å². The van der Waals surface area contributed by atoms with Gasteiger partial charge in [-0.05, 0) is 49.7 Å². The van der Waals surface area contributed by atoms with Crippen LogP contribution in [0.15, 0.2) is 82.2 Å². The highest BCUT2D eigenvalue weighted by molar-refractivity contribution is 7.92. The van der Waals surface area contributed by atoms with Crippen molar-refractivity contribution in [2.75, 3.05) is 10.0 Å². The lowest BCUT2D eigenvalue weighted by Crippen LogP contribution is -2.47. The number of hydrogen-bond acceptors (Lipinski definition) is 9. The van der Waals surface area contributed by atoms with Crippen molar-refractivity contribution < 1.29 is 27.6 Å². The number of carboxylic acids is 1. The average molecular weight is 559 g/mol. The van der Waals surface area contributed by atoms with Crippen molar-refractivity contribution in [1.82, 2.24) is 15.5 Å². The molecule has 5 rings (SSSR count). The van der Waals surface area contributed by atoms with Crippen LogP contribution >= 0.6 is 0 Å². The molecule has 5 aromatic rings. The number of amides is 1. The van der Waals surface area contributed by atoms with E-state index in [0.717, 1.165) is 5.39 Å². The SMILES string of the molecule is CCC(NC(=O)c1cccc2c(Nc3ccc(S(=O)(=O)Nc4cc(C)on4)cc3)c3ccccc3nc12)C(=O)[O-]. The summed E-state index contributed by atoms with van der Waals surface area (Å²) in [5.74, 6) is -1.40. The number of carbonyl (C=O) groups is 2. The molecule has 3 N–H and O–H groups in total. The van der Waals surface area contributed by atoms with Crippen molar-refractivity contribution in [2.45, 2.75) is 31.2 Å². The van der Waals surface area contributed by atoms with Gasteiger partial charge in [-0.15, -0.1) is 0 Å². The van der Waals surface area contributed by atoms with Gasteiger partial charge in [0.15, 0.2) is 5.82 Å². The predicted molar refractivity (Wildman–Crippen MR) is 148 cm³/mol. The number of rotatable bonds is 9. The Labute approximate surface area is 229 Å². The summed E-state index contributed by atoms with van der Waals surface area (Å²) >= 11 is 0. The maximum Gasteiger partial charge on any atom is 0.263 e. The average Bonchev–Trinajstić information content (AvgIpc) is 3.34. The molecule has 0 aliphatic rings. The first-order valence-corrected chi connectivity index (χ1v) is 13.8. The van der Waals surface area contributed by atoms with Crippen LogP contribution in [0.3, 0.4) is 0 Å². The summed E-state index contributed by atoms with van der Waals surface area (Å²) in [7, 11) is -3.89. The Morgan fingerprint density at radius 2 is 1.73 bits per heavy atom. The zero-order chi connectivity index (χ0) is 28.4. The molecule has 0 radical (unpaired) electrons. The fourth-order valence-corrected chi connectivity index (χ4v) is 5.25. The van der Waals surface area contributed by atoms with Crippen LogP contribution in [0, 0.1) is 6.92 Å². The van der Waals surface area contributed by atoms with Crippen molar-refractivity contribution in [2.24, 2.45) is 0 Å². The van der Waals surface area contributed by atoms with Crippen LogP contribution in [0.5, 0.6) is 0 Å². The van der Waals surface area contributed by atoms with E-state index in [0.29, 0.717) is 33.6 Å². The summed E-state index contributed by atoms with van der Waals surface area (Å²) in [4.78, 5) is 29.2. The molecule has 11 nitrogen and oxygen atoms in total. The fourth-order valence-electron chi connectivity index (χ4n) is 4.27. The molecule has 1 unspecified atom stereocenters. The number of benzene rings is 3. The number of carbonyl (C=O) groups excluding carboxylic acids is 2. The lowest BCUT2D eigenvalue weighted by Gasteiger charge is -2.19. The number of sulfonamides is 1. The van der Waals surface area contributed by atoms with Gasteiger partial charge >= 0.3 is 0 Å². The normalized spacial score (nSPS) is 12.2. The van der Waals surface area contributed by atoms with E-state index in [4.69, 9.17) is 9.51 Å². The van der Waals surface area contributed by atoms with Gasteiger partial charge < -0.3 is 25.1 Å². The third-order valence-corrected chi connectivity index (χ3v) is 7.63. The number of nitrogens with one attached hydrogen (secondary N) is 3. The minimum Gasteiger partial charge on any atom is -0.548 e. The van der Waals surface area contributed by atoms with Crippen LogP contribution in [0.25, 0.3) is 21.8 Å². The maximum absolute atomic E-state index is 13.1. The summed E-state index contributed by atoms with van der Waals surface area (Å²) in [5, 5.41) is 22.3. The van der Waals surface area contributed by atoms with E-state index in [-0.39, 0.29) is 22.7 Å². The highest BCUT2D eigenvalue weighted by Gasteiger charge is 2.20. The van der Waals surface area contributed by atoms with E-state index in [1.807, 2.05) is 18.2 Å². The quantitative estimate of drug-likeness (QED) is 0.230. The van der Waals surface area contributed by atoms with Gasteiger partial charge in [0.1, 0.15) is 5.76 Å². The van der Waals surface area contributed by atoms with E-state index in [9.17, 15) is 23.1 Å². The Bertz CT molecular complexity index is 1850. The third kappa shape index (κ3) is 5.29. The second-order valence-corrected chi connectivity index (χ2v) is 10.7. The fraction of sp³-hybridized carbons (Fsp3) is 0.143. The molecule has 2 heterocycles. The molecular formula is C28H24N5O6S-. The summed E-state index contributed by atoms with van der Waals surface area (Å²) < 4.78 is 32.8. The first kappa shape index (κ1) is 26.6. The second-order valence-electron chi connectivity index (χ2n) is 9.04. The van der Waals surface area contributed by atoms with Crippen molar-refractivity contribution in [3.63, 3.8) is 0 Å². The Hall–Kier alpha value is -4.97. The van der Waals surface area contributed by atoms with E-state index >= 15 is 0 Å². The number of aliphatic carboxylic acids is 1. The van der Waals surface area contributed by atoms with Gasteiger partial charge in [-0.25, -0.2) is 13.4 Å². The van der Waals surface area contributed by atoms with Crippen LogP contribution in [0.2, 0.25) is 0 Å². The van der Waals surface area contributed by atoms with Gasteiger partial charge in [0.25, 0.3) is 15.9 Å². The van der Waals surface area contributed by atoms with E-state index in [2.05, 4.69) is 20.5 Å². The van der Waals surface area contributed by atoms with Gasteiger partial charge in [-0.1, -0.05) is 42.4 Å². The molecule has 0 saturated heterocycles. The molecule has 40 heavy (non-hydrogen) atoms. The number of aryl methyl sites for hydroxylation is 1. The van der Waals surface area contributed by atoms with Crippen molar-refractivity contribution in [3.8, 4) is 0 Å². The van der Waals surface area contributed by atoms with E-state index < -0.39 is 27.9 Å². The second kappa shape index (κ2) is 10.7. The molecule has 204 valence electrons. The maximum atomic E-state index is 13.1. The molecule has 12 heteroatoms. The number of aromatic nitrogens is 2. The van der Waals surface area contributed by atoms with Crippen molar-refractivity contribution >= 4 is 60.9 Å². The monoisotopic (exact) mass is 558 g/mol. The lowest BCUT2D eigenvalue weighted by atomic mass is 10.0. The summed E-state index contributed by atoms with van der Waals surface area (Å²) in [6.45, 7) is 3.29. The number of fused-ring (bicyclic) bond motifs is 2. The van der Waals surface area contributed by atoms with Gasteiger partial charge in [0.05, 0.1) is 39.2 Å². The molecule has 1 amide bonds. The summed E-state index contributed by atoms with van der Waals surface area (Å²) in [6, 6.07) is 18.9. The smallest absolute Gasteiger partial charge is 0.263 e. The molecule has 0 spiro atoms. The van der Waals surface area contributed by atoms with Crippen LogP contribution in [-0.4, -0.2) is 36.5 Å². The topological polar surface area (TPSA) is 166 Å². The van der Waals surface area contributed by atoms with Crippen LogP contribution in [0.1, 0.15) is 29.5 Å². The number of anilines is 3. The van der Waals surface area contributed by atoms with Crippen LogP contribution in [-0.2, 0) is 14.8 Å². The van der Waals surface area contributed by atoms with Gasteiger partial charge in [0.2, 0.25) is 0 Å². The Balaban J connectivity index is 1.52. The molecule has 2 aromatic heterocycles. The standard InChI is InChI=1S/C28H25N5O6S/c1-3-22(28(35)36)31-27(34)21-9-6-8-20-25(19-7-4-5-10-23(19)30-26(20)21)29-17-11-13-18(14-12-17)40(37,38)33-24-15-16(2)39-32-24/h4-15,22H,3H2,1-2H3,(H,29,30)(H,31,34)(H,32,33)(H,35,36)/p-1. The van der Waals surface area contributed by atoms with Crippen LogP contribution in [0.4, 0.5) is 17.2 Å². The minimum absolute atomic E-state index is 0.0282. The molecule has 0 fully saturated rings. The molecule has 0 bridgehead atoms. The van der Waals surface area contributed by atoms with Gasteiger partial charge in [-0.3, -0.25) is 9.52 Å². The van der Waals surface area contributed by atoms with E-state index in [1.165, 1.54) is 18.2 Å². The van der Waals surface area contributed by atoms with Crippen molar-refractivity contribution in [1.29, 1.82) is 0 Å². The zero-order valence-electron chi connectivity index (χ0n) is 21.5. The molecule has 3 aromatic carbocycles. The third-order valence-electron chi connectivity index (χ3n) is 6.25.